The maximum atomic E-state index is 13.0. The first-order chi connectivity index (χ1) is 13.1. The number of rotatable bonds is 4. The molecule has 1 saturated heterocycles. The molecule has 3 aromatic rings. The average molecular weight is 384 g/mol. The normalized spacial score (nSPS) is 16.8. The fraction of sp³-hybridized carbons (Fsp3) is 0.368. The molecule has 0 N–H and O–H groups in total. The molecule has 0 radical (unpaired) electrons. The highest BCUT2D eigenvalue weighted by Gasteiger charge is 2.30. The van der Waals surface area contributed by atoms with Gasteiger partial charge in [-0.15, -0.1) is 0 Å². The molecule has 0 aromatic carbocycles. The van der Waals surface area contributed by atoms with E-state index in [1.165, 1.54) is 11.3 Å². The first-order valence-electron chi connectivity index (χ1n) is 8.93. The molecule has 0 aliphatic carbocycles. The number of thiazole rings is 1. The van der Waals surface area contributed by atoms with Gasteiger partial charge in [-0.05, 0) is 26.0 Å². The lowest BCUT2D eigenvalue weighted by Crippen LogP contribution is -2.34. The van der Waals surface area contributed by atoms with Gasteiger partial charge in [-0.3, -0.25) is 9.59 Å². The Labute approximate surface area is 160 Å². The second-order valence-electron chi connectivity index (χ2n) is 6.56. The van der Waals surface area contributed by atoms with E-state index in [1.54, 1.807) is 29.4 Å². The number of hydrogen-bond acceptors (Lipinski definition) is 6. The van der Waals surface area contributed by atoms with Crippen LogP contribution in [0, 0.1) is 6.92 Å². The molecule has 1 unspecified atom stereocenters. The Morgan fingerprint density at radius 3 is 3.00 bits per heavy atom. The van der Waals surface area contributed by atoms with Gasteiger partial charge >= 0.3 is 0 Å². The van der Waals surface area contributed by atoms with Crippen molar-refractivity contribution in [2.75, 3.05) is 13.1 Å². The smallest absolute Gasteiger partial charge is 0.273 e. The van der Waals surface area contributed by atoms with Crippen molar-refractivity contribution in [3.8, 4) is 5.19 Å². The molecule has 4 heterocycles. The minimum absolute atomic E-state index is 0.0988. The van der Waals surface area contributed by atoms with Gasteiger partial charge in [0.2, 0.25) is 5.43 Å². The molecular formula is C19H20N4O3S. The number of fused-ring (bicyclic) bond motifs is 1. The molecule has 0 saturated carbocycles. The lowest BCUT2D eigenvalue weighted by molar-refractivity contribution is 0.0770. The summed E-state index contributed by atoms with van der Waals surface area (Å²) in [5.74, 6) is -0.255. The van der Waals surface area contributed by atoms with Gasteiger partial charge in [0.1, 0.15) is 17.3 Å². The summed E-state index contributed by atoms with van der Waals surface area (Å²) < 4.78 is 7.67. The van der Waals surface area contributed by atoms with Gasteiger partial charge in [-0.2, -0.15) is 0 Å². The standard InChI is InChI=1S/C19H20N4O3S/c1-3-22-11-15(16(24)14-5-4-12(2)21-17(14)22)18(25)23-8-6-13(10-23)26-19-20-7-9-27-19/h4-5,7,9,11,13H,3,6,8,10H2,1-2H3. The summed E-state index contributed by atoms with van der Waals surface area (Å²) in [6, 6.07) is 3.55. The predicted molar refractivity (Wildman–Crippen MR) is 103 cm³/mol. The largest absolute Gasteiger partial charge is 0.465 e. The monoisotopic (exact) mass is 384 g/mol. The third-order valence-corrected chi connectivity index (χ3v) is 5.40. The van der Waals surface area contributed by atoms with Crippen molar-refractivity contribution in [2.45, 2.75) is 32.9 Å². The summed E-state index contributed by atoms with van der Waals surface area (Å²) >= 11 is 1.43. The third kappa shape index (κ3) is 3.32. The van der Waals surface area contributed by atoms with E-state index in [0.29, 0.717) is 35.9 Å². The van der Waals surface area contributed by atoms with Crippen molar-refractivity contribution < 1.29 is 9.53 Å². The number of hydrogen-bond donors (Lipinski definition) is 0. The SMILES string of the molecule is CCn1cc(C(=O)N2CCC(Oc3nccs3)C2)c(=O)c2ccc(C)nc21. The molecule has 1 amide bonds. The number of ether oxygens (including phenoxy) is 1. The molecule has 1 aliphatic rings. The lowest BCUT2D eigenvalue weighted by Gasteiger charge is -2.18. The molecule has 4 rings (SSSR count). The first kappa shape index (κ1) is 17.7. The Balaban J connectivity index is 1.62. The molecule has 0 bridgehead atoms. The number of pyridine rings is 2. The summed E-state index contributed by atoms with van der Waals surface area (Å²) in [6.07, 6.45) is 3.95. The highest BCUT2D eigenvalue weighted by molar-refractivity contribution is 7.11. The summed E-state index contributed by atoms with van der Waals surface area (Å²) in [5.41, 5.74) is 1.37. The Morgan fingerprint density at radius 2 is 2.26 bits per heavy atom. The molecular weight excluding hydrogens is 364 g/mol. The van der Waals surface area contributed by atoms with E-state index < -0.39 is 0 Å². The minimum atomic E-state index is -0.267. The van der Waals surface area contributed by atoms with Gasteiger partial charge in [-0.25, -0.2) is 9.97 Å². The van der Waals surface area contributed by atoms with E-state index in [9.17, 15) is 9.59 Å². The number of amides is 1. The van der Waals surface area contributed by atoms with Gasteiger partial charge in [0.25, 0.3) is 11.1 Å². The molecule has 140 valence electrons. The van der Waals surface area contributed by atoms with Crippen LogP contribution in [0.5, 0.6) is 5.19 Å². The minimum Gasteiger partial charge on any atom is -0.465 e. The second kappa shape index (κ2) is 7.11. The van der Waals surface area contributed by atoms with E-state index >= 15 is 0 Å². The second-order valence-corrected chi connectivity index (χ2v) is 7.42. The van der Waals surface area contributed by atoms with Crippen molar-refractivity contribution in [3.05, 3.63) is 51.4 Å². The summed E-state index contributed by atoms with van der Waals surface area (Å²) in [4.78, 5) is 36.2. The van der Waals surface area contributed by atoms with Crippen LogP contribution in [-0.4, -0.2) is 44.5 Å². The van der Waals surface area contributed by atoms with Crippen LogP contribution in [0.4, 0.5) is 0 Å². The van der Waals surface area contributed by atoms with Crippen molar-refractivity contribution >= 4 is 28.3 Å². The molecule has 1 fully saturated rings. The first-order valence-corrected chi connectivity index (χ1v) is 9.81. The Morgan fingerprint density at radius 1 is 1.41 bits per heavy atom. The molecule has 7 nitrogen and oxygen atoms in total. The highest BCUT2D eigenvalue weighted by Crippen LogP contribution is 2.21. The molecule has 0 spiro atoms. The quantitative estimate of drug-likeness (QED) is 0.691. The van der Waals surface area contributed by atoms with Crippen molar-refractivity contribution in [1.29, 1.82) is 0 Å². The number of aryl methyl sites for hydroxylation is 2. The number of aromatic nitrogens is 3. The van der Waals surface area contributed by atoms with E-state index in [-0.39, 0.29) is 23.0 Å². The maximum absolute atomic E-state index is 13.0. The van der Waals surface area contributed by atoms with Crippen LogP contribution in [0.3, 0.4) is 0 Å². The number of likely N-dealkylation sites (tertiary alicyclic amines) is 1. The fourth-order valence-electron chi connectivity index (χ4n) is 3.34. The Kier molecular flexibility index (Phi) is 4.65. The van der Waals surface area contributed by atoms with Gasteiger partial charge < -0.3 is 14.2 Å². The maximum Gasteiger partial charge on any atom is 0.273 e. The van der Waals surface area contributed by atoms with Crippen LogP contribution in [0.25, 0.3) is 11.0 Å². The lowest BCUT2D eigenvalue weighted by atomic mass is 10.1. The van der Waals surface area contributed by atoms with Crippen molar-refractivity contribution in [1.82, 2.24) is 19.4 Å². The van der Waals surface area contributed by atoms with Crippen LogP contribution in [0.2, 0.25) is 0 Å². The zero-order valence-corrected chi connectivity index (χ0v) is 16.0. The summed E-state index contributed by atoms with van der Waals surface area (Å²) in [5, 5.41) is 2.93. The van der Waals surface area contributed by atoms with Gasteiger partial charge in [-0.1, -0.05) is 11.3 Å². The van der Waals surface area contributed by atoms with E-state index in [0.717, 1.165) is 12.1 Å². The highest BCUT2D eigenvalue weighted by atomic mass is 32.1. The van der Waals surface area contributed by atoms with E-state index in [1.807, 2.05) is 23.8 Å². The zero-order chi connectivity index (χ0) is 19.0. The van der Waals surface area contributed by atoms with E-state index in [4.69, 9.17) is 4.74 Å². The average Bonchev–Trinajstić information content (AvgIpc) is 3.34. The molecule has 3 aromatic heterocycles. The van der Waals surface area contributed by atoms with Crippen LogP contribution in [-0.2, 0) is 6.54 Å². The number of carbonyl (C=O) groups excluding carboxylic acids is 1. The summed E-state index contributed by atoms with van der Waals surface area (Å²) in [6.45, 7) is 5.49. The molecule has 1 atom stereocenters. The number of nitrogens with zero attached hydrogens (tertiary/aromatic N) is 4. The van der Waals surface area contributed by atoms with Gasteiger partial charge in [0.05, 0.1) is 11.9 Å². The molecule has 8 heteroatoms. The predicted octanol–water partition coefficient (Wildman–Crippen LogP) is 2.47. The van der Waals surface area contributed by atoms with Crippen LogP contribution >= 0.6 is 11.3 Å². The van der Waals surface area contributed by atoms with Crippen molar-refractivity contribution in [2.24, 2.45) is 0 Å². The van der Waals surface area contributed by atoms with Crippen LogP contribution in [0.1, 0.15) is 29.4 Å². The van der Waals surface area contributed by atoms with E-state index in [2.05, 4.69) is 9.97 Å². The van der Waals surface area contributed by atoms with Gasteiger partial charge in [0, 0.05) is 43.0 Å². The third-order valence-electron chi connectivity index (χ3n) is 4.74. The van der Waals surface area contributed by atoms with Crippen LogP contribution in [0.15, 0.2) is 34.7 Å². The number of carbonyl (C=O) groups is 1. The zero-order valence-electron chi connectivity index (χ0n) is 15.2. The van der Waals surface area contributed by atoms with Crippen molar-refractivity contribution in [3.63, 3.8) is 0 Å². The molecule has 1 aliphatic heterocycles. The Hall–Kier alpha value is -2.74. The topological polar surface area (TPSA) is 77.3 Å². The Bertz CT molecular complexity index is 1050. The van der Waals surface area contributed by atoms with Gasteiger partial charge in [0.15, 0.2) is 0 Å². The fourth-order valence-corrected chi connectivity index (χ4v) is 3.90. The summed E-state index contributed by atoms with van der Waals surface area (Å²) in [7, 11) is 0. The molecule has 27 heavy (non-hydrogen) atoms. The van der Waals surface area contributed by atoms with Crippen LogP contribution < -0.4 is 10.2 Å².